The molecule has 288 valence electrons. The minimum atomic E-state index is -0.209. The molecule has 0 atom stereocenters. The molecule has 0 aromatic heterocycles. The monoisotopic (exact) mass is 753 g/mol. The van der Waals surface area contributed by atoms with Crippen LogP contribution in [0.25, 0.3) is 0 Å². The fourth-order valence-corrected chi connectivity index (χ4v) is 7.39. The summed E-state index contributed by atoms with van der Waals surface area (Å²) in [6.45, 7) is 6.06. The molecular formula is C44H47N7O5. The summed E-state index contributed by atoms with van der Waals surface area (Å²) in [4.78, 5) is 64.7. The van der Waals surface area contributed by atoms with Crippen LogP contribution in [0.3, 0.4) is 0 Å². The fraction of sp³-hybridized carbons (Fsp3) is 0.341. The van der Waals surface area contributed by atoms with Gasteiger partial charge in [-0.25, -0.2) is 0 Å². The van der Waals surface area contributed by atoms with Crippen molar-refractivity contribution >= 4 is 52.1 Å². The number of hydrogen-bond acceptors (Lipinski definition) is 8. The molecule has 2 N–H and O–H groups in total. The van der Waals surface area contributed by atoms with Crippen LogP contribution in [0.2, 0.25) is 0 Å². The van der Waals surface area contributed by atoms with E-state index in [1.807, 2.05) is 107 Å². The third kappa shape index (κ3) is 8.54. The summed E-state index contributed by atoms with van der Waals surface area (Å²) in [6, 6.07) is 29.9. The Morgan fingerprint density at radius 1 is 0.500 bits per heavy atom. The summed E-state index contributed by atoms with van der Waals surface area (Å²) < 4.78 is 0. The lowest BCUT2D eigenvalue weighted by atomic mass is 10.0. The van der Waals surface area contributed by atoms with Crippen LogP contribution >= 0.6 is 0 Å². The van der Waals surface area contributed by atoms with Crippen LogP contribution in [0.15, 0.2) is 102 Å². The largest absolute Gasteiger partial charge is 0.399 e. The molecule has 2 saturated carbocycles. The molecule has 12 nitrogen and oxygen atoms in total. The smallest absolute Gasteiger partial charge is 0.255 e. The van der Waals surface area contributed by atoms with Gasteiger partial charge in [0, 0.05) is 109 Å². The summed E-state index contributed by atoms with van der Waals surface area (Å²) in [5, 5.41) is 10.2. The van der Waals surface area contributed by atoms with Gasteiger partial charge in [-0.15, -0.1) is 0 Å². The highest BCUT2D eigenvalue weighted by Gasteiger charge is 2.35. The van der Waals surface area contributed by atoms with Crippen LogP contribution in [0.5, 0.6) is 0 Å². The number of nitrogens with one attached hydrogen (secondary N) is 2. The molecule has 4 aromatic carbocycles. The molecule has 2 heterocycles. The van der Waals surface area contributed by atoms with Crippen molar-refractivity contribution in [3.05, 3.63) is 119 Å². The number of piperazine rings is 2. The van der Waals surface area contributed by atoms with E-state index < -0.39 is 0 Å². The minimum Gasteiger partial charge on any atom is -0.399 e. The Hall–Kier alpha value is -6.17. The Labute approximate surface area is 327 Å². The first-order valence-corrected chi connectivity index (χ1v) is 19.6. The van der Waals surface area contributed by atoms with Crippen LogP contribution in [0, 0.1) is 11.8 Å². The van der Waals surface area contributed by atoms with Crippen molar-refractivity contribution in [2.75, 3.05) is 79.9 Å². The number of hydrogen-bond donors (Lipinski definition) is 2. The van der Waals surface area contributed by atoms with Crippen LogP contribution < -0.4 is 20.4 Å². The van der Waals surface area contributed by atoms with Gasteiger partial charge in [0.15, 0.2) is 0 Å². The van der Waals surface area contributed by atoms with Gasteiger partial charge in [0.1, 0.15) is 12.8 Å². The molecule has 2 saturated heterocycles. The van der Waals surface area contributed by atoms with E-state index in [2.05, 4.69) is 25.6 Å². The zero-order valence-corrected chi connectivity index (χ0v) is 31.7. The van der Waals surface area contributed by atoms with Crippen molar-refractivity contribution in [3.8, 4) is 0 Å². The van der Waals surface area contributed by atoms with E-state index in [1.165, 1.54) is 7.11 Å². The zero-order valence-electron chi connectivity index (χ0n) is 31.7. The highest BCUT2D eigenvalue weighted by atomic mass is 16.6. The lowest BCUT2D eigenvalue weighted by Crippen LogP contribution is -2.49. The second-order valence-electron chi connectivity index (χ2n) is 15.0. The van der Waals surface area contributed by atoms with Gasteiger partial charge in [0.05, 0.1) is 0 Å². The molecule has 0 unspecified atom stereocenters. The van der Waals surface area contributed by atoms with Gasteiger partial charge in [-0.1, -0.05) is 29.4 Å². The molecule has 2 aliphatic carbocycles. The summed E-state index contributed by atoms with van der Waals surface area (Å²) in [7, 11) is 1.49. The normalized spacial score (nSPS) is 16.9. The maximum absolute atomic E-state index is 13.1. The van der Waals surface area contributed by atoms with Crippen molar-refractivity contribution in [1.82, 2.24) is 9.80 Å². The number of rotatable bonds is 11. The molecule has 4 aliphatic rings. The van der Waals surface area contributed by atoms with E-state index in [9.17, 15) is 19.2 Å². The Balaban J connectivity index is 0.826. The molecule has 8 rings (SSSR count). The topological polar surface area (TPSA) is 127 Å². The van der Waals surface area contributed by atoms with Gasteiger partial charge in [0.25, 0.3) is 11.8 Å². The fourth-order valence-electron chi connectivity index (χ4n) is 7.39. The maximum atomic E-state index is 13.1. The maximum Gasteiger partial charge on any atom is 0.255 e. The molecule has 2 aliphatic heterocycles. The van der Waals surface area contributed by atoms with Gasteiger partial charge in [0.2, 0.25) is 11.8 Å². The Bertz CT molecular complexity index is 1930. The lowest BCUT2D eigenvalue weighted by molar-refractivity contribution is -0.133. The molecule has 4 fully saturated rings. The van der Waals surface area contributed by atoms with E-state index in [0.717, 1.165) is 101 Å². The number of carbonyl (C=O) groups is 4. The summed E-state index contributed by atoms with van der Waals surface area (Å²) in [5.41, 5.74) is 6.67. The molecule has 0 radical (unpaired) electrons. The highest BCUT2D eigenvalue weighted by molar-refractivity contribution is 6.13. The molecular weight excluding hydrogens is 707 g/mol. The molecule has 4 aromatic rings. The summed E-state index contributed by atoms with van der Waals surface area (Å²) >= 11 is 0. The second kappa shape index (κ2) is 16.3. The Morgan fingerprint density at radius 2 is 0.839 bits per heavy atom. The van der Waals surface area contributed by atoms with Gasteiger partial charge < -0.3 is 35.1 Å². The van der Waals surface area contributed by atoms with Gasteiger partial charge in [-0.3, -0.25) is 19.2 Å². The SMILES string of the molecule is CON=C(c1ccc(NC(=O)c2ccc(N3CCN(C(=O)C4CC4)CC3)cc2)cc1)c1ccc(NC(=O)c2ccc(N3CCN(C(=O)C4CC4)CC3)cc2)cc1. The average molecular weight is 754 g/mol. The first-order valence-electron chi connectivity index (χ1n) is 19.6. The van der Waals surface area contributed by atoms with Crippen LogP contribution in [0.4, 0.5) is 22.7 Å². The number of benzene rings is 4. The third-order valence-electron chi connectivity index (χ3n) is 11.0. The summed E-state index contributed by atoms with van der Waals surface area (Å²) in [6.07, 6.45) is 4.10. The van der Waals surface area contributed by atoms with E-state index >= 15 is 0 Å². The van der Waals surface area contributed by atoms with E-state index in [1.54, 1.807) is 0 Å². The lowest BCUT2D eigenvalue weighted by Gasteiger charge is -2.36. The van der Waals surface area contributed by atoms with Crippen molar-refractivity contribution in [2.45, 2.75) is 25.7 Å². The molecule has 4 amide bonds. The number of carbonyl (C=O) groups excluding carboxylic acids is 4. The highest BCUT2D eigenvalue weighted by Crippen LogP contribution is 2.32. The van der Waals surface area contributed by atoms with Crippen molar-refractivity contribution in [3.63, 3.8) is 0 Å². The Kier molecular flexibility index (Phi) is 10.7. The number of anilines is 4. The zero-order chi connectivity index (χ0) is 38.6. The van der Waals surface area contributed by atoms with Gasteiger partial charge in [-0.05, 0) is 98.5 Å². The molecule has 0 spiro atoms. The van der Waals surface area contributed by atoms with Crippen LogP contribution in [-0.4, -0.2) is 98.6 Å². The molecule has 0 bridgehead atoms. The Morgan fingerprint density at radius 3 is 1.16 bits per heavy atom. The predicted octanol–water partition coefficient (Wildman–Crippen LogP) is 5.71. The van der Waals surface area contributed by atoms with E-state index in [-0.39, 0.29) is 23.7 Å². The first-order chi connectivity index (χ1) is 27.3. The van der Waals surface area contributed by atoms with Crippen molar-refractivity contribution in [2.24, 2.45) is 17.0 Å². The first kappa shape index (κ1) is 36.8. The van der Waals surface area contributed by atoms with E-state index in [4.69, 9.17) is 4.84 Å². The van der Waals surface area contributed by atoms with Crippen molar-refractivity contribution < 1.29 is 24.0 Å². The van der Waals surface area contributed by atoms with Crippen LogP contribution in [0.1, 0.15) is 57.5 Å². The van der Waals surface area contributed by atoms with Gasteiger partial charge >= 0.3 is 0 Å². The second-order valence-corrected chi connectivity index (χ2v) is 15.0. The van der Waals surface area contributed by atoms with Crippen LogP contribution in [-0.2, 0) is 14.4 Å². The minimum absolute atomic E-state index is 0.209. The quantitative estimate of drug-likeness (QED) is 0.149. The average Bonchev–Trinajstić information content (AvgIpc) is 4.19. The predicted molar refractivity (Wildman–Crippen MR) is 217 cm³/mol. The van der Waals surface area contributed by atoms with E-state index in [0.29, 0.717) is 40.0 Å². The van der Waals surface area contributed by atoms with Gasteiger partial charge in [-0.2, -0.15) is 0 Å². The molecule has 12 heteroatoms. The number of oxime groups is 1. The number of nitrogens with zero attached hydrogens (tertiary/aromatic N) is 5. The molecule has 56 heavy (non-hydrogen) atoms. The standard InChI is InChI=1S/C44H47N7O5/c1-56-47-40(30-6-14-36(15-7-30)45-41(52)32-10-18-38(19-11-32)48-22-26-50(27-23-48)43(54)34-2-3-34)31-8-16-37(17-9-31)46-42(53)33-12-20-39(21-13-33)49-24-28-51(29-25-49)44(55)35-4-5-35/h6-21,34-35H,2-5,22-29H2,1H3,(H,45,52)(H,46,53). The summed E-state index contributed by atoms with van der Waals surface area (Å²) in [5.74, 6) is 0.676. The third-order valence-corrected chi connectivity index (χ3v) is 11.0. The number of amides is 4. The van der Waals surface area contributed by atoms with Crippen molar-refractivity contribution in [1.29, 1.82) is 0 Å².